The Hall–Kier alpha value is -2.75. The molecular formula is C18H16N2O2. The van der Waals surface area contributed by atoms with E-state index in [4.69, 9.17) is 4.74 Å². The molecule has 22 heavy (non-hydrogen) atoms. The van der Waals surface area contributed by atoms with Gasteiger partial charge >= 0.3 is 5.97 Å². The lowest BCUT2D eigenvalue weighted by atomic mass is 10.1. The molecule has 0 saturated carbocycles. The Labute approximate surface area is 127 Å². The molecule has 0 fully saturated rings. The summed E-state index contributed by atoms with van der Waals surface area (Å²) in [5.74, 6) is -0.343. The van der Waals surface area contributed by atoms with Gasteiger partial charge in [0.1, 0.15) is 5.69 Å². The highest BCUT2D eigenvalue weighted by Crippen LogP contribution is 2.32. The lowest BCUT2D eigenvalue weighted by Crippen LogP contribution is -2.00. The number of aromatic amines is 1. The number of fused-ring (bicyclic) bond motifs is 4. The summed E-state index contributed by atoms with van der Waals surface area (Å²) in [6.07, 6.45) is 0. The Morgan fingerprint density at radius 2 is 1.95 bits per heavy atom. The molecule has 4 heteroatoms. The molecule has 0 unspecified atom stereocenters. The van der Waals surface area contributed by atoms with Gasteiger partial charge in [-0.2, -0.15) is 0 Å². The number of hydrogen-bond acceptors (Lipinski definition) is 2. The molecule has 0 radical (unpaired) electrons. The van der Waals surface area contributed by atoms with Crippen molar-refractivity contribution in [2.45, 2.75) is 13.5 Å². The first-order valence-electron chi connectivity index (χ1n) is 7.35. The summed E-state index contributed by atoms with van der Waals surface area (Å²) < 4.78 is 7.08. The minimum absolute atomic E-state index is 0.343. The summed E-state index contributed by atoms with van der Waals surface area (Å²) in [4.78, 5) is 14.8. The van der Waals surface area contributed by atoms with E-state index < -0.39 is 0 Å². The molecule has 1 N–H and O–H groups in total. The number of hydrogen-bond donors (Lipinski definition) is 1. The quantitative estimate of drug-likeness (QED) is 0.566. The van der Waals surface area contributed by atoms with E-state index in [1.807, 2.05) is 6.07 Å². The topological polar surface area (TPSA) is 47.0 Å². The van der Waals surface area contributed by atoms with Crippen molar-refractivity contribution in [1.82, 2.24) is 9.55 Å². The van der Waals surface area contributed by atoms with Crippen LogP contribution in [0.25, 0.3) is 32.7 Å². The van der Waals surface area contributed by atoms with E-state index in [1.165, 1.54) is 28.9 Å². The Bertz CT molecular complexity index is 1020. The van der Waals surface area contributed by atoms with Crippen molar-refractivity contribution in [2.24, 2.45) is 0 Å². The summed E-state index contributed by atoms with van der Waals surface area (Å²) in [5.41, 5.74) is 3.85. The predicted octanol–water partition coefficient (Wildman–Crippen LogP) is 4.08. The molecule has 110 valence electrons. The van der Waals surface area contributed by atoms with Gasteiger partial charge in [0.25, 0.3) is 0 Å². The van der Waals surface area contributed by atoms with Crippen molar-refractivity contribution >= 4 is 38.7 Å². The van der Waals surface area contributed by atoms with Crippen LogP contribution >= 0.6 is 0 Å². The number of ether oxygens (including phenoxy) is 1. The molecule has 2 heterocycles. The standard InChI is InChI=1S/C18H16N2O2/c1-3-20-16-7-5-4-6-12(16)13-8-11-9-15(18(21)22-2)19-14(11)10-17(13)20/h4-10,19H,3H2,1-2H3. The van der Waals surface area contributed by atoms with Crippen molar-refractivity contribution in [3.05, 3.63) is 48.2 Å². The minimum Gasteiger partial charge on any atom is -0.464 e. The number of rotatable bonds is 2. The molecule has 4 rings (SSSR count). The summed E-state index contributed by atoms with van der Waals surface area (Å²) in [6, 6.07) is 14.5. The normalized spacial score (nSPS) is 11.5. The largest absolute Gasteiger partial charge is 0.464 e. The van der Waals surface area contributed by atoms with E-state index >= 15 is 0 Å². The number of carbonyl (C=O) groups excluding carboxylic acids is 1. The van der Waals surface area contributed by atoms with E-state index in [0.717, 1.165) is 17.4 Å². The average Bonchev–Trinajstić information content (AvgIpc) is 3.10. The number of esters is 1. The summed E-state index contributed by atoms with van der Waals surface area (Å²) in [5, 5.41) is 3.47. The van der Waals surface area contributed by atoms with Crippen LogP contribution < -0.4 is 0 Å². The summed E-state index contributed by atoms with van der Waals surface area (Å²) >= 11 is 0. The van der Waals surface area contributed by atoms with Gasteiger partial charge in [0, 0.05) is 33.7 Å². The SMILES string of the molecule is CCn1c2ccccc2c2cc3cc(C(=O)OC)[nH]c3cc21. The number of para-hydroxylation sites is 1. The van der Waals surface area contributed by atoms with E-state index in [1.54, 1.807) is 0 Å². The molecule has 0 aliphatic carbocycles. The molecule has 0 amide bonds. The van der Waals surface area contributed by atoms with Crippen LogP contribution in [-0.2, 0) is 11.3 Å². The molecule has 2 aromatic carbocycles. The molecule has 4 aromatic rings. The maximum atomic E-state index is 11.7. The minimum atomic E-state index is -0.343. The third-order valence-corrected chi connectivity index (χ3v) is 4.23. The van der Waals surface area contributed by atoms with E-state index in [-0.39, 0.29) is 5.97 Å². The highest BCUT2D eigenvalue weighted by atomic mass is 16.5. The van der Waals surface area contributed by atoms with Gasteiger partial charge in [0.05, 0.1) is 12.6 Å². The maximum Gasteiger partial charge on any atom is 0.354 e. The lowest BCUT2D eigenvalue weighted by molar-refractivity contribution is 0.0595. The first-order valence-corrected chi connectivity index (χ1v) is 7.35. The number of H-pyrrole nitrogens is 1. The highest BCUT2D eigenvalue weighted by Gasteiger charge is 2.14. The molecule has 2 aromatic heterocycles. The number of nitrogens with zero attached hydrogens (tertiary/aromatic N) is 1. The van der Waals surface area contributed by atoms with E-state index in [2.05, 4.69) is 52.9 Å². The molecular weight excluding hydrogens is 276 g/mol. The zero-order valence-electron chi connectivity index (χ0n) is 12.5. The van der Waals surface area contributed by atoms with Crippen molar-refractivity contribution in [2.75, 3.05) is 7.11 Å². The second-order valence-electron chi connectivity index (χ2n) is 5.39. The van der Waals surface area contributed by atoms with E-state index in [0.29, 0.717) is 5.69 Å². The first-order chi connectivity index (χ1) is 10.7. The van der Waals surface area contributed by atoms with Crippen LogP contribution in [-0.4, -0.2) is 22.6 Å². The van der Waals surface area contributed by atoms with Crippen LogP contribution in [0.15, 0.2) is 42.5 Å². The van der Waals surface area contributed by atoms with Crippen LogP contribution in [0.5, 0.6) is 0 Å². The van der Waals surface area contributed by atoms with Crippen molar-refractivity contribution in [1.29, 1.82) is 0 Å². The Morgan fingerprint density at radius 1 is 1.14 bits per heavy atom. The fraction of sp³-hybridized carbons (Fsp3) is 0.167. The van der Waals surface area contributed by atoms with Crippen molar-refractivity contribution in [3.8, 4) is 0 Å². The Morgan fingerprint density at radius 3 is 2.73 bits per heavy atom. The molecule has 0 aliphatic rings. The summed E-state index contributed by atoms with van der Waals surface area (Å²) in [6.45, 7) is 3.05. The number of aromatic nitrogens is 2. The van der Waals surface area contributed by atoms with Crippen LogP contribution in [0.3, 0.4) is 0 Å². The number of aryl methyl sites for hydroxylation is 1. The third-order valence-electron chi connectivity index (χ3n) is 4.23. The van der Waals surface area contributed by atoms with Gasteiger partial charge in [-0.3, -0.25) is 0 Å². The second-order valence-corrected chi connectivity index (χ2v) is 5.39. The van der Waals surface area contributed by atoms with Gasteiger partial charge in [-0.1, -0.05) is 18.2 Å². The fourth-order valence-corrected chi connectivity index (χ4v) is 3.24. The van der Waals surface area contributed by atoms with Gasteiger partial charge < -0.3 is 14.3 Å². The van der Waals surface area contributed by atoms with Gasteiger partial charge in [-0.15, -0.1) is 0 Å². The fourth-order valence-electron chi connectivity index (χ4n) is 3.24. The van der Waals surface area contributed by atoms with Gasteiger partial charge in [0.2, 0.25) is 0 Å². The van der Waals surface area contributed by atoms with Gasteiger partial charge in [0.15, 0.2) is 0 Å². The summed E-state index contributed by atoms with van der Waals surface area (Å²) in [7, 11) is 1.39. The van der Waals surface area contributed by atoms with Crippen LogP contribution in [0.4, 0.5) is 0 Å². The molecule has 0 spiro atoms. The average molecular weight is 292 g/mol. The molecule has 0 saturated heterocycles. The third kappa shape index (κ3) is 1.67. The predicted molar refractivity (Wildman–Crippen MR) is 88.3 cm³/mol. The molecule has 0 bridgehead atoms. The van der Waals surface area contributed by atoms with Crippen molar-refractivity contribution in [3.63, 3.8) is 0 Å². The number of methoxy groups -OCH3 is 1. The van der Waals surface area contributed by atoms with Crippen LogP contribution in [0, 0.1) is 0 Å². The Kier molecular flexibility index (Phi) is 2.73. The number of carbonyl (C=O) groups is 1. The Balaban J connectivity index is 2.10. The number of benzene rings is 2. The maximum absolute atomic E-state index is 11.7. The van der Waals surface area contributed by atoms with Gasteiger partial charge in [-0.05, 0) is 31.2 Å². The van der Waals surface area contributed by atoms with Crippen LogP contribution in [0.1, 0.15) is 17.4 Å². The zero-order chi connectivity index (χ0) is 15.3. The van der Waals surface area contributed by atoms with Crippen LogP contribution in [0.2, 0.25) is 0 Å². The molecule has 4 nitrogen and oxygen atoms in total. The monoisotopic (exact) mass is 292 g/mol. The van der Waals surface area contributed by atoms with Gasteiger partial charge in [-0.25, -0.2) is 4.79 Å². The highest BCUT2D eigenvalue weighted by molar-refractivity contribution is 6.12. The zero-order valence-corrected chi connectivity index (χ0v) is 12.5. The molecule has 0 aliphatic heterocycles. The lowest BCUT2D eigenvalue weighted by Gasteiger charge is -2.02. The van der Waals surface area contributed by atoms with E-state index in [9.17, 15) is 4.79 Å². The van der Waals surface area contributed by atoms with Crippen molar-refractivity contribution < 1.29 is 9.53 Å². The smallest absolute Gasteiger partial charge is 0.354 e. The molecule has 0 atom stereocenters. The first kappa shape index (κ1) is 13.0. The number of nitrogens with one attached hydrogen (secondary N) is 1. The second kappa shape index (κ2) is 4.63.